The van der Waals surface area contributed by atoms with E-state index in [4.69, 9.17) is 0 Å². The number of aromatic nitrogens is 2. The Morgan fingerprint density at radius 1 is 1.47 bits per heavy atom. The van der Waals surface area contributed by atoms with Gasteiger partial charge in [-0.1, -0.05) is 0 Å². The maximum absolute atomic E-state index is 4.51. The van der Waals surface area contributed by atoms with Gasteiger partial charge in [-0.05, 0) is 62.9 Å². The summed E-state index contributed by atoms with van der Waals surface area (Å²) in [5, 5.41) is 6.59. The van der Waals surface area contributed by atoms with Crippen molar-refractivity contribution in [3.63, 3.8) is 0 Å². The number of thiazole rings is 1. The standard InChI is InChI=1S/C15H19N3S/c1-11-10-19-15(18-11)14-8-12(4-6-17-14)7-13-3-2-5-16-9-13/h4,6,8,10,13,16H,2-3,5,7,9H2,1H3. The van der Waals surface area contributed by atoms with Gasteiger partial charge in [-0.2, -0.15) is 0 Å². The third kappa shape index (κ3) is 3.19. The fourth-order valence-corrected chi connectivity index (χ4v) is 3.39. The molecule has 2 aromatic rings. The Morgan fingerprint density at radius 3 is 3.16 bits per heavy atom. The molecule has 19 heavy (non-hydrogen) atoms. The Hall–Kier alpha value is -1.26. The third-order valence-electron chi connectivity index (χ3n) is 3.59. The molecule has 1 fully saturated rings. The van der Waals surface area contributed by atoms with Gasteiger partial charge >= 0.3 is 0 Å². The Kier molecular flexibility index (Phi) is 3.89. The van der Waals surface area contributed by atoms with E-state index >= 15 is 0 Å². The average Bonchev–Trinajstić information content (AvgIpc) is 2.87. The van der Waals surface area contributed by atoms with E-state index in [1.54, 1.807) is 11.3 Å². The van der Waals surface area contributed by atoms with Crippen LogP contribution in [0.25, 0.3) is 10.7 Å². The SMILES string of the molecule is Cc1csc(-c2cc(CC3CCCNC3)ccn2)n1. The third-order valence-corrected chi connectivity index (χ3v) is 4.57. The first-order valence-corrected chi connectivity index (χ1v) is 7.77. The number of piperidine rings is 1. The molecule has 3 heterocycles. The van der Waals surface area contributed by atoms with Crippen molar-refractivity contribution < 1.29 is 0 Å². The summed E-state index contributed by atoms with van der Waals surface area (Å²) in [5.41, 5.74) is 3.47. The summed E-state index contributed by atoms with van der Waals surface area (Å²) in [7, 11) is 0. The molecule has 0 radical (unpaired) electrons. The molecule has 2 aromatic heterocycles. The minimum Gasteiger partial charge on any atom is -0.316 e. The van der Waals surface area contributed by atoms with E-state index in [0.717, 1.165) is 35.3 Å². The molecule has 1 aliphatic rings. The molecule has 3 nitrogen and oxygen atoms in total. The molecule has 0 aromatic carbocycles. The van der Waals surface area contributed by atoms with Gasteiger partial charge in [0.15, 0.2) is 0 Å². The van der Waals surface area contributed by atoms with Crippen molar-refractivity contribution in [3.8, 4) is 10.7 Å². The van der Waals surface area contributed by atoms with E-state index in [0.29, 0.717) is 0 Å². The monoisotopic (exact) mass is 273 g/mol. The van der Waals surface area contributed by atoms with Crippen molar-refractivity contribution in [2.24, 2.45) is 5.92 Å². The number of nitrogens with zero attached hydrogens (tertiary/aromatic N) is 2. The van der Waals surface area contributed by atoms with Gasteiger partial charge in [0.2, 0.25) is 0 Å². The molecule has 100 valence electrons. The topological polar surface area (TPSA) is 37.8 Å². The molecule has 0 bridgehead atoms. The first kappa shape index (κ1) is 12.8. The van der Waals surface area contributed by atoms with E-state index in [1.165, 1.54) is 24.9 Å². The van der Waals surface area contributed by atoms with Crippen LogP contribution in [-0.4, -0.2) is 23.1 Å². The molecule has 1 unspecified atom stereocenters. The highest BCUT2D eigenvalue weighted by atomic mass is 32.1. The molecule has 0 spiro atoms. The smallest absolute Gasteiger partial charge is 0.142 e. The fourth-order valence-electron chi connectivity index (χ4n) is 2.62. The largest absolute Gasteiger partial charge is 0.316 e. The number of aryl methyl sites for hydroxylation is 1. The summed E-state index contributed by atoms with van der Waals surface area (Å²) in [5.74, 6) is 0.766. The lowest BCUT2D eigenvalue weighted by Crippen LogP contribution is -2.30. The zero-order valence-electron chi connectivity index (χ0n) is 11.2. The van der Waals surface area contributed by atoms with Gasteiger partial charge in [0, 0.05) is 17.3 Å². The van der Waals surface area contributed by atoms with Crippen LogP contribution in [0.4, 0.5) is 0 Å². The summed E-state index contributed by atoms with van der Waals surface area (Å²) in [6.45, 7) is 4.35. The average molecular weight is 273 g/mol. The van der Waals surface area contributed by atoms with Gasteiger partial charge in [0.1, 0.15) is 5.01 Å². The number of nitrogens with one attached hydrogen (secondary N) is 1. The molecule has 4 heteroatoms. The van der Waals surface area contributed by atoms with Crippen LogP contribution in [0, 0.1) is 12.8 Å². The molecule has 1 N–H and O–H groups in total. The number of hydrogen-bond donors (Lipinski definition) is 1. The van der Waals surface area contributed by atoms with Crippen molar-refractivity contribution in [2.75, 3.05) is 13.1 Å². The van der Waals surface area contributed by atoms with Gasteiger partial charge in [-0.25, -0.2) is 4.98 Å². The van der Waals surface area contributed by atoms with Crippen LogP contribution in [0.15, 0.2) is 23.7 Å². The van der Waals surface area contributed by atoms with Crippen LogP contribution in [0.3, 0.4) is 0 Å². The van der Waals surface area contributed by atoms with Crippen molar-refractivity contribution in [2.45, 2.75) is 26.2 Å². The lowest BCUT2D eigenvalue weighted by atomic mass is 9.92. The van der Waals surface area contributed by atoms with Crippen molar-refractivity contribution >= 4 is 11.3 Å². The zero-order valence-corrected chi connectivity index (χ0v) is 12.0. The predicted octanol–water partition coefficient (Wildman–Crippen LogP) is 3.06. The van der Waals surface area contributed by atoms with E-state index in [-0.39, 0.29) is 0 Å². The summed E-state index contributed by atoms with van der Waals surface area (Å²) in [6, 6.07) is 4.34. The van der Waals surface area contributed by atoms with Crippen molar-refractivity contribution in [3.05, 3.63) is 35.0 Å². The number of hydrogen-bond acceptors (Lipinski definition) is 4. The van der Waals surface area contributed by atoms with Gasteiger partial charge < -0.3 is 5.32 Å². The molecule has 0 amide bonds. The van der Waals surface area contributed by atoms with Crippen LogP contribution in [0.1, 0.15) is 24.1 Å². The second-order valence-corrected chi connectivity index (χ2v) is 6.12. The lowest BCUT2D eigenvalue weighted by molar-refractivity contribution is 0.376. The number of pyridine rings is 1. The normalized spacial score (nSPS) is 19.5. The van der Waals surface area contributed by atoms with Gasteiger partial charge in [-0.15, -0.1) is 11.3 Å². The molecular formula is C15H19N3S. The van der Waals surface area contributed by atoms with Crippen LogP contribution in [-0.2, 0) is 6.42 Å². The van der Waals surface area contributed by atoms with Gasteiger partial charge in [-0.3, -0.25) is 4.98 Å². The first-order chi connectivity index (χ1) is 9.31. The Labute approximate surface area is 118 Å². The van der Waals surface area contributed by atoms with E-state index in [9.17, 15) is 0 Å². The summed E-state index contributed by atoms with van der Waals surface area (Å²) in [6.07, 6.45) is 5.69. The summed E-state index contributed by atoms with van der Waals surface area (Å²) < 4.78 is 0. The molecule has 3 rings (SSSR count). The highest BCUT2D eigenvalue weighted by Gasteiger charge is 2.14. The molecular weight excluding hydrogens is 254 g/mol. The summed E-state index contributed by atoms with van der Waals surface area (Å²) >= 11 is 1.67. The second-order valence-electron chi connectivity index (χ2n) is 5.26. The first-order valence-electron chi connectivity index (χ1n) is 6.89. The minimum atomic E-state index is 0.766. The molecule has 0 aliphatic carbocycles. The molecule has 1 saturated heterocycles. The van der Waals surface area contributed by atoms with E-state index in [2.05, 4.69) is 32.8 Å². The maximum atomic E-state index is 4.51. The molecule has 1 aliphatic heterocycles. The van der Waals surface area contributed by atoms with Gasteiger partial charge in [0.05, 0.1) is 5.69 Å². The van der Waals surface area contributed by atoms with Crippen LogP contribution in [0.5, 0.6) is 0 Å². The Bertz CT molecular complexity index is 544. The second kappa shape index (κ2) is 5.80. The van der Waals surface area contributed by atoms with Crippen LogP contribution < -0.4 is 5.32 Å². The van der Waals surface area contributed by atoms with Crippen molar-refractivity contribution in [1.29, 1.82) is 0 Å². The fraction of sp³-hybridized carbons (Fsp3) is 0.467. The van der Waals surface area contributed by atoms with Crippen LogP contribution >= 0.6 is 11.3 Å². The minimum absolute atomic E-state index is 0.766. The highest BCUT2D eigenvalue weighted by Crippen LogP contribution is 2.24. The zero-order chi connectivity index (χ0) is 13.1. The Morgan fingerprint density at radius 2 is 2.42 bits per heavy atom. The van der Waals surface area contributed by atoms with E-state index < -0.39 is 0 Å². The van der Waals surface area contributed by atoms with Gasteiger partial charge in [0.25, 0.3) is 0 Å². The maximum Gasteiger partial charge on any atom is 0.142 e. The highest BCUT2D eigenvalue weighted by molar-refractivity contribution is 7.13. The number of rotatable bonds is 3. The summed E-state index contributed by atoms with van der Waals surface area (Å²) in [4.78, 5) is 8.96. The quantitative estimate of drug-likeness (QED) is 0.934. The molecule has 0 saturated carbocycles. The van der Waals surface area contributed by atoms with E-state index in [1.807, 2.05) is 13.1 Å². The predicted molar refractivity (Wildman–Crippen MR) is 79.4 cm³/mol. The van der Waals surface area contributed by atoms with Crippen LogP contribution in [0.2, 0.25) is 0 Å². The van der Waals surface area contributed by atoms with Crippen molar-refractivity contribution in [1.82, 2.24) is 15.3 Å². The lowest BCUT2D eigenvalue weighted by Gasteiger charge is -2.22. The molecule has 1 atom stereocenters. The Balaban J connectivity index is 1.75.